The molecule has 0 saturated heterocycles. The van der Waals surface area contributed by atoms with Crippen LogP contribution in [0.5, 0.6) is 5.75 Å². The molecule has 0 atom stereocenters. The summed E-state index contributed by atoms with van der Waals surface area (Å²) in [6.45, 7) is 3.45. The molecule has 0 spiro atoms. The first-order valence-corrected chi connectivity index (χ1v) is 7.72. The molecule has 0 aliphatic heterocycles. The molecule has 136 valence electrons. The third-order valence-corrected chi connectivity index (χ3v) is 3.84. The first kappa shape index (κ1) is 17.8. The molecular weight excluding hydrogens is 349 g/mol. The Kier molecular flexibility index (Phi) is 4.58. The summed E-state index contributed by atoms with van der Waals surface area (Å²) in [5.74, 6) is 0.253. The number of hydrogen-bond donors (Lipinski definition) is 0. The molecule has 0 saturated carbocycles. The van der Waals surface area contributed by atoms with Gasteiger partial charge in [-0.25, -0.2) is 0 Å². The molecule has 8 heteroatoms. The molecule has 3 rings (SSSR count). The number of nitrogens with zero attached hydrogens (tertiary/aromatic N) is 2. The highest BCUT2D eigenvalue weighted by molar-refractivity contribution is 5.66. The van der Waals surface area contributed by atoms with Crippen LogP contribution in [0, 0.1) is 13.8 Å². The van der Waals surface area contributed by atoms with Gasteiger partial charge in [0.15, 0.2) is 0 Å². The molecule has 0 unspecified atom stereocenters. The molecule has 0 aliphatic carbocycles. The van der Waals surface area contributed by atoms with Crippen LogP contribution in [0.25, 0.3) is 11.1 Å². The average Bonchev–Trinajstić information content (AvgIpc) is 2.89. The molecule has 26 heavy (non-hydrogen) atoms. The Morgan fingerprint density at radius 3 is 2.54 bits per heavy atom. The van der Waals surface area contributed by atoms with E-state index in [4.69, 9.17) is 4.52 Å². The lowest BCUT2D eigenvalue weighted by Gasteiger charge is -2.14. The fourth-order valence-electron chi connectivity index (χ4n) is 2.74. The molecule has 1 aromatic carbocycles. The van der Waals surface area contributed by atoms with Crippen molar-refractivity contribution < 1.29 is 22.4 Å². The van der Waals surface area contributed by atoms with E-state index in [9.17, 15) is 18.0 Å². The number of pyridine rings is 1. The maximum absolute atomic E-state index is 12.6. The number of benzene rings is 1. The van der Waals surface area contributed by atoms with Crippen LogP contribution in [-0.4, -0.2) is 16.1 Å². The van der Waals surface area contributed by atoms with Gasteiger partial charge < -0.3 is 13.8 Å². The summed E-state index contributed by atoms with van der Waals surface area (Å²) in [7, 11) is 0. The molecule has 0 aliphatic rings. The van der Waals surface area contributed by atoms with E-state index >= 15 is 0 Å². The fourth-order valence-corrected chi connectivity index (χ4v) is 2.74. The van der Waals surface area contributed by atoms with Crippen LogP contribution in [-0.2, 0) is 6.54 Å². The Morgan fingerprint density at radius 1 is 1.15 bits per heavy atom. The van der Waals surface area contributed by atoms with Crippen molar-refractivity contribution in [2.75, 3.05) is 0 Å². The van der Waals surface area contributed by atoms with Crippen molar-refractivity contribution >= 4 is 0 Å². The Hall–Kier alpha value is -3.03. The third-order valence-electron chi connectivity index (χ3n) is 3.84. The van der Waals surface area contributed by atoms with Gasteiger partial charge in [-0.2, -0.15) is 0 Å². The van der Waals surface area contributed by atoms with Crippen LogP contribution in [0.1, 0.15) is 17.0 Å². The Bertz CT molecular complexity index is 970. The van der Waals surface area contributed by atoms with Gasteiger partial charge in [-0.05, 0) is 26.0 Å². The Balaban J connectivity index is 1.99. The van der Waals surface area contributed by atoms with E-state index in [0.717, 1.165) is 5.56 Å². The molecule has 5 nitrogen and oxygen atoms in total. The zero-order valence-electron chi connectivity index (χ0n) is 14.0. The van der Waals surface area contributed by atoms with Crippen molar-refractivity contribution in [2.45, 2.75) is 26.8 Å². The summed E-state index contributed by atoms with van der Waals surface area (Å²) >= 11 is 0. The van der Waals surface area contributed by atoms with Gasteiger partial charge in [-0.3, -0.25) is 4.79 Å². The standard InChI is InChI=1S/C18H15F3N2O3/c1-11-17(12(2)26-22-11)14-7-8-16(24)23(10-14)9-13-5-3-4-6-15(13)25-18(19,20)21/h3-8,10H,9H2,1-2H3. The van der Waals surface area contributed by atoms with E-state index < -0.39 is 6.36 Å². The van der Waals surface area contributed by atoms with E-state index in [1.807, 2.05) is 0 Å². The van der Waals surface area contributed by atoms with Gasteiger partial charge in [-0.15, -0.1) is 13.2 Å². The third kappa shape index (κ3) is 3.79. The van der Waals surface area contributed by atoms with E-state index in [-0.39, 0.29) is 23.4 Å². The number of hydrogen-bond acceptors (Lipinski definition) is 4. The second kappa shape index (κ2) is 6.70. The van der Waals surface area contributed by atoms with E-state index in [0.29, 0.717) is 17.0 Å². The van der Waals surface area contributed by atoms with Crippen LogP contribution >= 0.6 is 0 Å². The Morgan fingerprint density at radius 2 is 1.88 bits per heavy atom. The molecule has 0 radical (unpaired) electrons. The number of aryl methyl sites for hydroxylation is 2. The minimum Gasteiger partial charge on any atom is -0.405 e. The van der Waals surface area contributed by atoms with Crippen molar-refractivity contribution in [3.05, 3.63) is 70.0 Å². The topological polar surface area (TPSA) is 57.3 Å². The number of rotatable bonds is 4. The minimum absolute atomic E-state index is 0.0672. The van der Waals surface area contributed by atoms with Crippen LogP contribution in [0.3, 0.4) is 0 Å². The summed E-state index contributed by atoms with van der Waals surface area (Å²) in [6.07, 6.45) is -3.24. The summed E-state index contributed by atoms with van der Waals surface area (Å²) in [6, 6.07) is 8.70. The molecular formula is C18H15F3N2O3. The van der Waals surface area contributed by atoms with Crippen molar-refractivity contribution in [3.63, 3.8) is 0 Å². The lowest BCUT2D eigenvalue weighted by atomic mass is 10.1. The van der Waals surface area contributed by atoms with E-state index in [1.54, 1.807) is 32.2 Å². The van der Waals surface area contributed by atoms with Gasteiger partial charge in [-0.1, -0.05) is 23.4 Å². The highest BCUT2D eigenvalue weighted by atomic mass is 19.4. The molecule has 0 bridgehead atoms. The van der Waals surface area contributed by atoms with Gasteiger partial charge in [0.05, 0.1) is 12.2 Å². The predicted octanol–water partition coefficient (Wildman–Crippen LogP) is 4.07. The van der Waals surface area contributed by atoms with Crippen LogP contribution < -0.4 is 10.3 Å². The minimum atomic E-state index is -4.81. The van der Waals surface area contributed by atoms with Gasteiger partial charge in [0.25, 0.3) is 5.56 Å². The molecule has 0 fully saturated rings. The van der Waals surface area contributed by atoms with Crippen LogP contribution in [0.4, 0.5) is 13.2 Å². The fraction of sp³-hybridized carbons (Fsp3) is 0.222. The van der Waals surface area contributed by atoms with E-state index in [2.05, 4.69) is 9.89 Å². The quantitative estimate of drug-likeness (QED) is 0.700. The second-order valence-electron chi connectivity index (χ2n) is 5.74. The number of aromatic nitrogens is 2. The van der Waals surface area contributed by atoms with Crippen molar-refractivity contribution in [2.24, 2.45) is 0 Å². The smallest absolute Gasteiger partial charge is 0.405 e. The maximum atomic E-state index is 12.6. The first-order valence-electron chi connectivity index (χ1n) is 7.72. The SMILES string of the molecule is Cc1noc(C)c1-c1ccc(=O)n(Cc2ccccc2OC(F)(F)F)c1. The molecule has 2 aromatic heterocycles. The number of ether oxygens (including phenoxy) is 1. The first-order chi connectivity index (χ1) is 12.2. The van der Waals surface area contributed by atoms with Crippen molar-refractivity contribution in [1.82, 2.24) is 9.72 Å². The average molecular weight is 364 g/mol. The summed E-state index contributed by atoms with van der Waals surface area (Å²) < 4.78 is 48.2. The largest absolute Gasteiger partial charge is 0.573 e. The lowest BCUT2D eigenvalue weighted by molar-refractivity contribution is -0.274. The Labute approximate surface area is 146 Å². The number of para-hydroxylation sites is 1. The summed E-state index contributed by atoms with van der Waals surface area (Å²) in [5.41, 5.74) is 1.99. The summed E-state index contributed by atoms with van der Waals surface area (Å²) in [5, 5.41) is 3.88. The lowest BCUT2D eigenvalue weighted by Crippen LogP contribution is -2.21. The predicted molar refractivity (Wildman–Crippen MR) is 87.9 cm³/mol. The summed E-state index contributed by atoms with van der Waals surface area (Å²) in [4.78, 5) is 12.2. The van der Waals surface area contributed by atoms with Crippen molar-refractivity contribution in [1.29, 1.82) is 0 Å². The van der Waals surface area contributed by atoms with Gasteiger partial charge in [0, 0.05) is 29.0 Å². The van der Waals surface area contributed by atoms with Crippen LogP contribution in [0.2, 0.25) is 0 Å². The molecule has 0 N–H and O–H groups in total. The highest BCUT2D eigenvalue weighted by Gasteiger charge is 2.32. The zero-order chi connectivity index (χ0) is 18.9. The highest BCUT2D eigenvalue weighted by Crippen LogP contribution is 2.28. The zero-order valence-corrected chi connectivity index (χ0v) is 14.0. The van der Waals surface area contributed by atoms with Gasteiger partial charge in [0.1, 0.15) is 11.5 Å². The number of alkyl halides is 3. The van der Waals surface area contributed by atoms with Crippen molar-refractivity contribution in [3.8, 4) is 16.9 Å². The number of halogens is 3. The molecule has 3 aromatic rings. The molecule has 2 heterocycles. The van der Waals surface area contributed by atoms with Gasteiger partial charge in [0.2, 0.25) is 0 Å². The second-order valence-corrected chi connectivity index (χ2v) is 5.74. The van der Waals surface area contributed by atoms with Crippen LogP contribution in [0.15, 0.2) is 51.9 Å². The molecule has 0 amide bonds. The maximum Gasteiger partial charge on any atom is 0.573 e. The normalized spacial score (nSPS) is 11.6. The van der Waals surface area contributed by atoms with Gasteiger partial charge >= 0.3 is 6.36 Å². The van der Waals surface area contributed by atoms with E-state index in [1.165, 1.54) is 28.8 Å². The monoisotopic (exact) mass is 364 g/mol.